The minimum Gasteiger partial charge on any atom is -0.281 e. The summed E-state index contributed by atoms with van der Waals surface area (Å²) < 4.78 is 41.7. The van der Waals surface area contributed by atoms with Crippen LogP contribution < -0.4 is 5.69 Å². The molecular formula is C17H21ClF3N5O. The molecule has 27 heavy (non-hydrogen) atoms. The molecule has 1 heterocycles. The van der Waals surface area contributed by atoms with E-state index in [0.29, 0.717) is 17.3 Å². The lowest BCUT2D eigenvalue weighted by molar-refractivity contribution is -0.137. The van der Waals surface area contributed by atoms with Crippen molar-refractivity contribution >= 4 is 11.6 Å². The number of halogens is 4. The van der Waals surface area contributed by atoms with Gasteiger partial charge in [0.2, 0.25) is 0 Å². The van der Waals surface area contributed by atoms with E-state index in [1.807, 2.05) is 6.92 Å². The summed E-state index contributed by atoms with van der Waals surface area (Å²) in [6.45, 7) is 2.88. The van der Waals surface area contributed by atoms with Crippen molar-refractivity contribution in [2.24, 2.45) is 0 Å². The SMILES string of the molecule is CCN(Cn1nnn(-c2c(Cl)cccc2C(F)(F)F)c1=O)C1CCCCC1. The van der Waals surface area contributed by atoms with E-state index in [1.165, 1.54) is 18.6 Å². The summed E-state index contributed by atoms with van der Waals surface area (Å²) in [5.74, 6) is 0. The maximum atomic E-state index is 13.3. The summed E-state index contributed by atoms with van der Waals surface area (Å²) in [6.07, 6.45) is 0.894. The van der Waals surface area contributed by atoms with Gasteiger partial charge in [0, 0.05) is 6.04 Å². The average Bonchev–Trinajstić information content (AvgIpc) is 2.99. The molecule has 0 amide bonds. The van der Waals surface area contributed by atoms with E-state index < -0.39 is 23.1 Å². The minimum absolute atomic E-state index is 0.186. The van der Waals surface area contributed by atoms with E-state index in [2.05, 4.69) is 15.3 Å². The maximum absolute atomic E-state index is 13.3. The molecule has 10 heteroatoms. The van der Waals surface area contributed by atoms with Crippen LogP contribution in [0, 0.1) is 0 Å². The van der Waals surface area contributed by atoms with Gasteiger partial charge in [-0.1, -0.05) is 43.9 Å². The number of tetrazole rings is 1. The van der Waals surface area contributed by atoms with E-state index in [4.69, 9.17) is 11.6 Å². The van der Waals surface area contributed by atoms with Gasteiger partial charge in [0.15, 0.2) is 0 Å². The van der Waals surface area contributed by atoms with Gasteiger partial charge in [-0.25, -0.2) is 4.79 Å². The highest BCUT2D eigenvalue weighted by atomic mass is 35.5. The monoisotopic (exact) mass is 403 g/mol. The third-order valence-electron chi connectivity index (χ3n) is 4.96. The van der Waals surface area contributed by atoms with E-state index in [0.717, 1.165) is 36.4 Å². The van der Waals surface area contributed by atoms with Gasteiger partial charge in [-0.05, 0) is 41.9 Å². The Balaban J connectivity index is 1.94. The van der Waals surface area contributed by atoms with Gasteiger partial charge in [0.05, 0.1) is 10.6 Å². The van der Waals surface area contributed by atoms with Crippen LogP contribution >= 0.6 is 11.6 Å². The quantitative estimate of drug-likeness (QED) is 0.763. The molecule has 1 aromatic heterocycles. The number of para-hydroxylation sites is 1. The topological polar surface area (TPSA) is 56.0 Å². The molecule has 0 spiro atoms. The van der Waals surface area contributed by atoms with Gasteiger partial charge in [-0.3, -0.25) is 4.90 Å². The van der Waals surface area contributed by atoms with Crippen molar-refractivity contribution in [1.29, 1.82) is 0 Å². The van der Waals surface area contributed by atoms with Crippen LogP contribution in [0.5, 0.6) is 0 Å². The van der Waals surface area contributed by atoms with E-state index >= 15 is 0 Å². The van der Waals surface area contributed by atoms with Crippen molar-refractivity contribution in [3.8, 4) is 5.69 Å². The van der Waals surface area contributed by atoms with Gasteiger partial charge in [-0.2, -0.15) is 22.5 Å². The molecule has 3 rings (SSSR count). The summed E-state index contributed by atoms with van der Waals surface area (Å²) >= 11 is 5.96. The van der Waals surface area contributed by atoms with Crippen molar-refractivity contribution in [3.63, 3.8) is 0 Å². The van der Waals surface area contributed by atoms with Crippen LogP contribution in [-0.2, 0) is 12.8 Å². The predicted octanol–water partition coefficient (Wildman–Crippen LogP) is 3.71. The summed E-state index contributed by atoms with van der Waals surface area (Å²) in [4.78, 5) is 14.8. The first-order chi connectivity index (χ1) is 12.8. The van der Waals surface area contributed by atoms with Gasteiger partial charge in [0.25, 0.3) is 0 Å². The second kappa shape index (κ2) is 8.02. The highest BCUT2D eigenvalue weighted by Crippen LogP contribution is 2.36. The van der Waals surface area contributed by atoms with Crippen molar-refractivity contribution in [2.45, 2.75) is 57.9 Å². The fourth-order valence-electron chi connectivity index (χ4n) is 3.55. The zero-order valence-corrected chi connectivity index (χ0v) is 15.7. The fraction of sp³-hybridized carbons (Fsp3) is 0.588. The van der Waals surface area contributed by atoms with Crippen molar-refractivity contribution in [1.82, 2.24) is 24.7 Å². The van der Waals surface area contributed by atoms with Crippen LogP contribution in [0.25, 0.3) is 5.69 Å². The normalized spacial score (nSPS) is 16.2. The molecule has 2 aromatic rings. The van der Waals surface area contributed by atoms with Crippen LogP contribution in [0.2, 0.25) is 5.02 Å². The van der Waals surface area contributed by atoms with Gasteiger partial charge >= 0.3 is 11.9 Å². The largest absolute Gasteiger partial charge is 0.418 e. The fourth-order valence-corrected chi connectivity index (χ4v) is 3.81. The molecule has 0 N–H and O–H groups in total. The highest BCUT2D eigenvalue weighted by molar-refractivity contribution is 6.32. The Labute approximate surface area is 159 Å². The number of benzene rings is 1. The predicted molar refractivity (Wildman–Crippen MR) is 94.9 cm³/mol. The Morgan fingerprint density at radius 2 is 1.93 bits per heavy atom. The molecule has 0 radical (unpaired) electrons. The Morgan fingerprint density at radius 3 is 2.56 bits per heavy atom. The van der Waals surface area contributed by atoms with E-state index in [1.54, 1.807) is 0 Å². The molecule has 0 bridgehead atoms. The van der Waals surface area contributed by atoms with Crippen LogP contribution in [0.3, 0.4) is 0 Å². The Kier molecular flexibility index (Phi) is 5.90. The zero-order valence-electron chi connectivity index (χ0n) is 14.9. The molecule has 0 saturated heterocycles. The second-order valence-corrected chi connectivity index (χ2v) is 7.05. The second-order valence-electron chi connectivity index (χ2n) is 6.64. The average molecular weight is 404 g/mol. The zero-order chi connectivity index (χ0) is 19.6. The third kappa shape index (κ3) is 4.19. The van der Waals surface area contributed by atoms with Crippen LogP contribution in [-0.4, -0.2) is 37.3 Å². The Hall–Kier alpha value is -1.87. The molecule has 0 aliphatic heterocycles. The lowest BCUT2D eigenvalue weighted by atomic mass is 9.94. The van der Waals surface area contributed by atoms with Gasteiger partial charge in [-0.15, -0.1) is 0 Å². The first-order valence-corrected chi connectivity index (χ1v) is 9.33. The molecule has 1 aliphatic rings. The lowest BCUT2D eigenvalue weighted by Gasteiger charge is -2.32. The Morgan fingerprint density at radius 1 is 1.22 bits per heavy atom. The third-order valence-corrected chi connectivity index (χ3v) is 5.26. The van der Waals surface area contributed by atoms with Crippen molar-refractivity contribution in [2.75, 3.05) is 6.54 Å². The summed E-state index contributed by atoms with van der Waals surface area (Å²) in [7, 11) is 0. The summed E-state index contributed by atoms with van der Waals surface area (Å²) in [5.41, 5.74) is -2.27. The van der Waals surface area contributed by atoms with Crippen LogP contribution in [0.15, 0.2) is 23.0 Å². The number of alkyl halides is 3. The number of aromatic nitrogens is 4. The molecule has 1 saturated carbocycles. The van der Waals surface area contributed by atoms with Crippen LogP contribution in [0.4, 0.5) is 13.2 Å². The molecule has 1 fully saturated rings. The Bertz CT molecular complexity index is 842. The molecule has 0 atom stereocenters. The number of nitrogens with zero attached hydrogens (tertiary/aromatic N) is 5. The molecule has 0 unspecified atom stereocenters. The summed E-state index contributed by atoms with van der Waals surface area (Å²) in [5, 5.41) is 7.24. The van der Waals surface area contributed by atoms with Crippen LogP contribution in [0.1, 0.15) is 44.6 Å². The van der Waals surface area contributed by atoms with Gasteiger partial charge in [0.1, 0.15) is 12.4 Å². The van der Waals surface area contributed by atoms with Crippen molar-refractivity contribution < 1.29 is 13.2 Å². The molecular weight excluding hydrogens is 383 g/mol. The first kappa shape index (κ1) is 19.9. The van der Waals surface area contributed by atoms with E-state index in [-0.39, 0.29) is 11.7 Å². The molecule has 1 aliphatic carbocycles. The molecule has 6 nitrogen and oxygen atoms in total. The minimum atomic E-state index is -4.67. The lowest BCUT2D eigenvalue weighted by Crippen LogP contribution is -2.41. The van der Waals surface area contributed by atoms with Crippen molar-refractivity contribution in [3.05, 3.63) is 39.3 Å². The molecule has 148 valence electrons. The maximum Gasteiger partial charge on any atom is 0.418 e. The standard InChI is InChI=1S/C17H21ClF3N5O/c1-2-24(12-7-4-3-5-8-12)11-25-16(27)26(23-22-25)15-13(17(19,20)21)9-6-10-14(15)18/h6,9-10,12H,2-5,7-8,11H2,1H3. The summed E-state index contributed by atoms with van der Waals surface area (Å²) in [6, 6.07) is 3.68. The first-order valence-electron chi connectivity index (χ1n) is 8.96. The number of hydrogen-bond donors (Lipinski definition) is 0. The number of hydrogen-bond acceptors (Lipinski definition) is 4. The van der Waals surface area contributed by atoms with Gasteiger partial charge < -0.3 is 0 Å². The smallest absolute Gasteiger partial charge is 0.281 e. The highest BCUT2D eigenvalue weighted by Gasteiger charge is 2.36. The van der Waals surface area contributed by atoms with E-state index in [9.17, 15) is 18.0 Å². The molecule has 1 aromatic carbocycles. The number of rotatable bonds is 5.